The van der Waals surface area contributed by atoms with Crippen LogP contribution < -0.4 is 5.32 Å². The highest BCUT2D eigenvalue weighted by atomic mass is 16.2. The zero-order valence-corrected chi connectivity index (χ0v) is 10.2. The molecule has 90 valence electrons. The molecular formula is C14H17NO2. The molecule has 3 nitrogen and oxygen atoms in total. The molecule has 1 fully saturated rings. The molecule has 2 atom stereocenters. The van der Waals surface area contributed by atoms with Crippen molar-refractivity contribution in [3.63, 3.8) is 0 Å². The molecule has 1 aliphatic heterocycles. The van der Waals surface area contributed by atoms with Gasteiger partial charge >= 0.3 is 0 Å². The number of hydrogen-bond acceptors (Lipinski definition) is 2. The van der Waals surface area contributed by atoms with Gasteiger partial charge in [-0.15, -0.1) is 0 Å². The fourth-order valence-corrected chi connectivity index (χ4v) is 2.58. The van der Waals surface area contributed by atoms with Crippen LogP contribution >= 0.6 is 0 Å². The fraction of sp³-hybridized carbons (Fsp3) is 0.429. The van der Waals surface area contributed by atoms with Crippen LogP contribution in [-0.2, 0) is 15.0 Å². The van der Waals surface area contributed by atoms with Gasteiger partial charge in [0.1, 0.15) is 0 Å². The topological polar surface area (TPSA) is 46.2 Å². The number of carbonyl (C=O) groups excluding carboxylic acids is 2. The molecule has 1 heterocycles. The summed E-state index contributed by atoms with van der Waals surface area (Å²) in [7, 11) is 0. The second-order valence-electron chi connectivity index (χ2n) is 4.73. The van der Waals surface area contributed by atoms with Crippen LogP contribution in [0.2, 0.25) is 0 Å². The Morgan fingerprint density at radius 2 is 1.94 bits per heavy atom. The van der Waals surface area contributed by atoms with Crippen LogP contribution in [0.5, 0.6) is 0 Å². The van der Waals surface area contributed by atoms with Gasteiger partial charge in [-0.25, -0.2) is 0 Å². The second kappa shape index (κ2) is 4.32. The van der Waals surface area contributed by atoms with E-state index < -0.39 is 5.41 Å². The molecular weight excluding hydrogens is 214 g/mol. The van der Waals surface area contributed by atoms with Crippen molar-refractivity contribution in [3.05, 3.63) is 35.9 Å². The highest BCUT2D eigenvalue weighted by Crippen LogP contribution is 2.37. The molecule has 1 aliphatic rings. The van der Waals surface area contributed by atoms with Crippen molar-refractivity contribution in [3.8, 4) is 0 Å². The van der Waals surface area contributed by atoms with E-state index in [9.17, 15) is 9.59 Å². The lowest BCUT2D eigenvalue weighted by molar-refractivity contribution is -0.141. The molecule has 3 heteroatoms. The SMILES string of the molecule is CCC1(c2ccccc2)CC(C)C(=O)NC1=O. The Morgan fingerprint density at radius 3 is 2.53 bits per heavy atom. The summed E-state index contributed by atoms with van der Waals surface area (Å²) >= 11 is 0. The predicted molar refractivity (Wildman–Crippen MR) is 65.3 cm³/mol. The summed E-state index contributed by atoms with van der Waals surface area (Å²) in [5.41, 5.74) is 0.452. The molecule has 1 aromatic carbocycles. The first-order valence-electron chi connectivity index (χ1n) is 6.01. The Morgan fingerprint density at radius 1 is 1.29 bits per heavy atom. The first kappa shape index (κ1) is 11.8. The first-order chi connectivity index (χ1) is 8.10. The van der Waals surface area contributed by atoms with E-state index in [0.29, 0.717) is 12.8 Å². The maximum absolute atomic E-state index is 12.2. The van der Waals surface area contributed by atoms with Crippen LogP contribution in [0.25, 0.3) is 0 Å². The van der Waals surface area contributed by atoms with Gasteiger partial charge in [-0.05, 0) is 18.4 Å². The van der Waals surface area contributed by atoms with E-state index in [1.54, 1.807) is 0 Å². The number of hydrogen-bond donors (Lipinski definition) is 1. The number of rotatable bonds is 2. The fourth-order valence-electron chi connectivity index (χ4n) is 2.58. The number of carbonyl (C=O) groups is 2. The van der Waals surface area contributed by atoms with Crippen molar-refractivity contribution < 1.29 is 9.59 Å². The van der Waals surface area contributed by atoms with E-state index in [1.165, 1.54) is 0 Å². The maximum Gasteiger partial charge on any atom is 0.237 e. The lowest BCUT2D eigenvalue weighted by Gasteiger charge is -2.37. The molecule has 0 aromatic heterocycles. The number of nitrogens with one attached hydrogen (secondary N) is 1. The Labute approximate surface area is 101 Å². The third-order valence-electron chi connectivity index (χ3n) is 3.70. The average Bonchev–Trinajstić information content (AvgIpc) is 2.35. The minimum absolute atomic E-state index is 0.118. The molecule has 1 N–H and O–H groups in total. The minimum atomic E-state index is -0.547. The van der Waals surface area contributed by atoms with Gasteiger partial charge in [0.15, 0.2) is 0 Å². The van der Waals surface area contributed by atoms with Crippen molar-refractivity contribution in [2.75, 3.05) is 0 Å². The summed E-state index contributed by atoms with van der Waals surface area (Å²) in [6.45, 7) is 3.87. The molecule has 0 radical (unpaired) electrons. The standard InChI is InChI=1S/C14H17NO2/c1-3-14(11-7-5-4-6-8-11)9-10(2)12(16)15-13(14)17/h4-8,10H,3,9H2,1-2H3,(H,15,16,17). The summed E-state index contributed by atoms with van der Waals surface area (Å²) in [4.78, 5) is 23.7. The van der Waals surface area contributed by atoms with Gasteiger partial charge in [-0.2, -0.15) is 0 Å². The smallest absolute Gasteiger partial charge is 0.237 e. The van der Waals surface area contributed by atoms with Gasteiger partial charge in [0.2, 0.25) is 11.8 Å². The lowest BCUT2D eigenvalue weighted by Crippen LogP contribution is -2.54. The zero-order chi connectivity index (χ0) is 12.5. The van der Waals surface area contributed by atoms with Gasteiger partial charge in [-0.3, -0.25) is 14.9 Å². The molecule has 2 unspecified atom stereocenters. The van der Waals surface area contributed by atoms with Gasteiger partial charge in [0.05, 0.1) is 5.41 Å². The molecule has 0 spiro atoms. The monoisotopic (exact) mass is 231 g/mol. The minimum Gasteiger partial charge on any atom is -0.295 e. The molecule has 1 saturated heterocycles. The second-order valence-corrected chi connectivity index (χ2v) is 4.73. The normalized spacial score (nSPS) is 28.9. The van der Waals surface area contributed by atoms with Crippen LogP contribution in [0.15, 0.2) is 30.3 Å². The number of imide groups is 1. The van der Waals surface area contributed by atoms with E-state index in [-0.39, 0.29) is 17.7 Å². The third-order valence-corrected chi connectivity index (χ3v) is 3.70. The van der Waals surface area contributed by atoms with E-state index in [1.807, 2.05) is 44.2 Å². The highest BCUT2D eigenvalue weighted by Gasteiger charge is 2.45. The summed E-state index contributed by atoms with van der Waals surface area (Å²) in [5, 5.41) is 2.49. The Bertz CT molecular complexity index is 441. The summed E-state index contributed by atoms with van der Waals surface area (Å²) in [5.74, 6) is -0.433. The van der Waals surface area contributed by atoms with Crippen molar-refractivity contribution in [2.45, 2.75) is 32.1 Å². The van der Waals surface area contributed by atoms with Crippen molar-refractivity contribution in [2.24, 2.45) is 5.92 Å². The Kier molecular flexibility index (Phi) is 3.01. The largest absolute Gasteiger partial charge is 0.295 e. The lowest BCUT2D eigenvalue weighted by atomic mass is 9.69. The maximum atomic E-state index is 12.2. The number of piperidine rings is 1. The van der Waals surface area contributed by atoms with E-state index >= 15 is 0 Å². The van der Waals surface area contributed by atoms with E-state index in [0.717, 1.165) is 5.56 Å². The van der Waals surface area contributed by atoms with Gasteiger partial charge in [0, 0.05) is 5.92 Å². The quantitative estimate of drug-likeness (QED) is 0.791. The summed E-state index contributed by atoms with van der Waals surface area (Å²) in [6.07, 6.45) is 1.30. The van der Waals surface area contributed by atoms with Crippen molar-refractivity contribution in [1.29, 1.82) is 0 Å². The Balaban J connectivity index is 2.44. The molecule has 0 aliphatic carbocycles. The molecule has 0 saturated carbocycles. The van der Waals surface area contributed by atoms with Crippen LogP contribution in [0.1, 0.15) is 32.3 Å². The van der Waals surface area contributed by atoms with Crippen LogP contribution in [0.3, 0.4) is 0 Å². The number of amides is 2. The first-order valence-corrected chi connectivity index (χ1v) is 6.01. The van der Waals surface area contributed by atoms with Crippen LogP contribution in [-0.4, -0.2) is 11.8 Å². The molecule has 2 rings (SSSR count). The average molecular weight is 231 g/mol. The van der Waals surface area contributed by atoms with Gasteiger partial charge in [-0.1, -0.05) is 44.2 Å². The van der Waals surface area contributed by atoms with Crippen LogP contribution in [0.4, 0.5) is 0 Å². The van der Waals surface area contributed by atoms with E-state index in [2.05, 4.69) is 5.32 Å². The van der Waals surface area contributed by atoms with Crippen LogP contribution in [0, 0.1) is 5.92 Å². The third kappa shape index (κ3) is 1.86. The molecule has 17 heavy (non-hydrogen) atoms. The zero-order valence-electron chi connectivity index (χ0n) is 10.2. The predicted octanol–water partition coefficient (Wildman–Crippen LogP) is 2.02. The van der Waals surface area contributed by atoms with Gasteiger partial charge < -0.3 is 0 Å². The highest BCUT2D eigenvalue weighted by molar-refractivity contribution is 6.04. The molecule has 1 aromatic rings. The molecule has 0 bridgehead atoms. The Hall–Kier alpha value is -1.64. The van der Waals surface area contributed by atoms with Gasteiger partial charge in [0.25, 0.3) is 0 Å². The van der Waals surface area contributed by atoms with Crippen molar-refractivity contribution >= 4 is 11.8 Å². The van der Waals surface area contributed by atoms with E-state index in [4.69, 9.17) is 0 Å². The van der Waals surface area contributed by atoms with Crippen molar-refractivity contribution in [1.82, 2.24) is 5.32 Å². The molecule has 2 amide bonds. The summed E-state index contributed by atoms with van der Waals surface area (Å²) < 4.78 is 0. The summed E-state index contributed by atoms with van der Waals surface area (Å²) in [6, 6.07) is 9.72. The number of benzene rings is 1.